The normalized spacial score (nSPS) is 15.2. The summed E-state index contributed by atoms with van der Waals surface area (Å²) in [5.74, 6) is -2.80. The average Bonchev–Trinajstić information content (AvgIpc) is 2.94. The Bertz CT molecular complexity index is 906. The molecule has 1 aliphatic rings. The van der Waals surface area contributed by atoms with Crippen molar-refractivity contribution in [3.8, 4) is 0 Å². The lowest BCUT2D eigenvalue weighted by molar-refractivity contribution is 0.538. The smallest absolute Gasteiger partial charge is 0.175 e. The average molecular weight is 352 g/mol. The van der Waals surface area contributed by atoms with E-state index in [9.17, 15) is 21.6 Å². The van der Waals surface area contributed by atoms with Gasteiger partial charge in [-0.2, -0.15) is 0 Å². The van der Waals surface area contributed by atoms with E-state index in [2.05, 4.69) is 0 Å². The van der Waals surface area contributed by atoms with Gasteiger partial charge in [-0.05, 0) is 48.1 Å². The molecule has 0 bridgehead atoms. The van der Waals surface area contributed by atoms with Crippen LogP contribution in [0.25, 0.3) is 11.1 Å². The molecule has 3 rings (SSSR count). The van der Waals surface area contributed by atoms with E-state index in [1.54, 1.807) is 12.1 Å². The van der Waals surface area contributed by atoms with Crippen molar-refractivity contribution in [1.29, 1.82) is 0 Å². The highest BCUT2D eigenvalue weighted by Crippen LogP contribution is 2.41. The first kappa shape index (κ1) is 16.8. The van der Waals surface area contributed by atoms with Crippen LogP contribution in [0.15, 0.2) is 41.3 Å². The van der Waals surface area contributed by atoms with Crippen LogP contribution in [0.2, 0.25) is 0 Å². The highest BCUT2D eigenvalue weighted by atomic mass is 32.2. The number of halogens is 3. The molecule has 0 amide bonds. The summed E-state index contributed by atoms with van der Waals surface area (Å²) >= 11 is 0. The Balaban J connectivity index is 2.11. The molecule has 0 unspecified atom stereocenters. The molecule has 2 aromatic carbocycles. The van der Waals surface area contributed by atoms with Gasteiger partial charge in [-0.1, -0.05) is 12.1 Å². The third kappa shape index (κ3) is 3.11. The summed E-state index contributed by atoms with van der Waals surface area (Å²) in [6, 6.07) is 7.57. The van der Waals surface area contributed by atoms with E-state index in [0.29, 0.717) is 30.5 Å². The van der Waals surface area contributed by atoms with Gasteiger partial charge in [0.1, 0.15) is 17.5 Å². The van der Waals surface area contributed by atoms with E-state index in [-0.39, 0.29) is 10.5 Å². The van der Waals surface area contributed by atoms with Gasteiger partial charge < -0.3 is 0 Å². The maximum Gasteiger partial charge on any atom is 0.175 e. The van der Waals surface area contributed by atoms with Crippen LogP contribution in [0.3, 0.4) is 0 Å². The van der Waals surface area contributed by atoms with Crippen LogP contribution in [0, 0.1) is 17.5 Å². The molecule has 2 aromatic rings. The van der Waals surface area contributed by atoms with Crippen LogP contribution < -0.4 is 0 Å². The fraction of sp³-hybridized carbons (Fsp3) is 0.222. The van der Waals surface area contributed by atoms with E-state index in [1.807, 2.05) is 0 Å². The first-order chi connectivity index (χ1) is 11.3. The molecule has 0 aliphatic heterocycles. The maximum atomic E-state index is 14.1. The first-order valence-corrected chi connectivity index (χ1v) is 9.34. The Morgan fingerprint density at radius 1 is 0.875 bits per heavy atom. The molecule has 24 heavy (non-hydrogen) atoms. The first-order valence-electron chi connectivity index (χ1n) is 7.45. The molecule has 126 valence electrons. The summed E-state index contributed by atoms with van der Waals surface area (Å²) in [6.07, 6.45) is 2.97. The second kappa shape index (κ2) is 6.09. The molecule has 0 aromatic heterocycles. The molecular weight excluding hydrogens is 337 g/mol. The Kier molecular flexibility index (Phi) is 4.25. The third-order valence-electron chi connectivity index (χ3n) is 4.16. The highest BCUT2D eigenvalue weighted by molar-refractivity contribution is 7.90. The van der Waals surface area contributed by atoms with Crippen LogP contribution in [-0.4, -0.2) is 14.7 Å². The highest BCUT2D eigenvalue weighted by Gasteiger charge is 2.24. The number of hydrogen-bond donors (Lipinski definition) is 0. The zero-order chi connectivity index (χ0) is 17.5. The quantitative estimate of drug-likeness (QED) is 0.809. The van der Waals surface area contributed by atoms with Gasteiger partial charge in [0.05, 0.1) is 4.90 Å². The van der Waals surface area contributed by atoms with Crippen molar-refractivity contribution < 1.29 is 21.6 Å². The number of rotatable bonds is 3. The van der Waals surface area contributed by atoms with Crippen molar-refractivity contribution in [3.05, 3.63) is 65.0 Å². The molecule has 0 spiro atoms. The number of allylic oxidation sites excluding steroid dienone is 2. The molecular formula is C18H15F3O2S. The predicted octanol–water partition coefficient (Wildman–Crippen LogP) is 4.60. The lowest BCUT2D eigenvalue weighted by Gasteiger charge is -2.11. The third-order valence-corrected chi connectivity index (χ3v) is 5.29. The van der Waals surface area contributed by atoms with E-state index < -0.39 is 27.3 Å². The number of benzene rings is 2. The number of sulfone groups is 1. The van der Waals surface area contributed by atoms with Crippen LogP contribution in [0.5, 0.6) is 0 Å². The zero-order valence-corrected chi connectivity index (χ0v) is 13.8. The second-order valence-corrected chi connectivity index (χ2v) is 7.87. The monoisotopic (exact) mass is 352 g/mol. The maximum absolute atomic E-state index is 14.1. The molecule has 0 fully saturated rings. The summed E-state index contributed by atoms with van der Waals surface area (Å²) in [4.78, 5) is 0.186. The molecule has 0 saturated heterocycles. The second-order valence-electron chi connectivity index (χ2n) is 5.85. The standard InChI is InChI=1S/C18H15F3O2S/c1-24(22,23)13-7-5-11(6-8-13)14-3-2-4-15(14)18-16(20)9-12(19)10-17(18)21/h5-10H,2-4H2,1H3. The van der Waals surface area contributed by atoms with Crippen LogP contribution in [0.1, 0.15) is 30.4 Å². The predicted molar refractivity (Wildman–Crippen MR) is 86.5 cm³/mol. The lowest BCUT2D eigenvalue weighted by atomic mass is 9.96. The van der Waals surface area contributed by atoms with Crippen molar-refractivity contribution in [2.24, 2.45) is 0 Å². The van der Waals surface area contributed by atoms with Gasteiger partial charge >= 0.3 is 0 Å². The van der Waals surface area contributed by atoms with Crippen molar-refractivity contribution in [1.82, 2.24) is 0 Å². The molecule has 1 aliphatic carbocycles. The minimum Gasteiger partial charge on any atom is -0.224 e. The van der Waals surface area contributed by atoms with Gasteiger partial charge in [0.25, 0.3) is 0 Å². The van der Waals surface area contributed by atoms with Gasteiger partial charge in [-0.3, -0.25) is 0 Å². The summed E-state index contributed by atoms with van der Waals surface area (Å²) in [5, 5.41) is 0. The summed E-state index contributed by atoms with van der Waals surface area (Å²) < 4.78 is 64.3. The lowest BCUT2D eigenvalue weighted by Crippen LogP contribution is -1.98. The van der Waals surface area contributed by atoms with Crippen LogP contribution in [-0.2, 0) is 9.84 Å². The van der Waals surface area contributed by atoms with Gasteiger partial charge in [0.15, 0.2) is 9.84 Å². The van der Waals surface area contributed by atoms with Gasteiger partial charge in [0, 0.05) is 24.0 Å². The van der Waals surface area contributed by atoms with E-state index in [4.69, 9.17) is 0 Å². The fourth-order valence-corrected chi connectivity index (χ4v) is 3.70. The molecule has 6 heteroatoms. The molecule has 2 nitrogen and oxygen atoms in total. The molecule has 0 N–H and O–H groups in total. The minimum atomic E-state index is -3.30. The minimum absolute atomic E-state index is 0.186. The van der Waals surface area contributed by atoms with E-state index in [1.165, 1.54) is 12.1 Å². The summed E-state index contributed by atoms with van der Waals surface area (Å²) in [7, 11) is -3.30. The van der Waals surface area contributed by atoms with Crippen molar-refractivity contribution in [2.45, 2.75) is 24.2 Å². The Morgan fingerprint density at radius 2 is 1.42 bits per heavy atom. The summed E-state index contributed by atoms with van der Waals surface area (Å²) in [6.45, 7) is 0. The Labute approximate surface area is 138 Å². The van der Waals surface area contributed by atoms with Crippen LogP contribution >= 0.6 is 0 Å². The van der Waals surface area contributed by atoms with Crippen LogP contribution in [0.4, 0.5) is 13.2 Å². The van der Waals surface area contributed by atoms with Gasteiger partial charge in [-0.15, -0.1) is 0 Å². The Hall–Kier alpha value is -2.08. The summed E-state index contributed by atoms with van der Waals surface area (Å²) in [5.41, 5.74) is 1.80. The Morgan fingerprint density at radius 3 is 1.96 bits per heavy atom. The molecule has 0 saturated carbocycles. The van der Waals surface area contributed by atoms with Gasteiger partial charge in [-0.25, -0.2) is 21.6 Å². The fourth-order valence-electron chi connectivity index (χ4n) is 3.07. The van der Waals surface area contributed by atoms with E-state index >= 15 is 0 Å². The molecule has 0 radical (unpaired) electrons. The van der Waals surface area contributed by atoms with Crippen molar-refractivity contribution >= 4 is 21.0 Å². The van der Waals surface area contributed by atoms with Crippen molar-refractivity contribution in [3.63, 3.8) is 0 Å². The largest absolute Gasteiger partial charge is 0.224 e. The zero-order valence-electron chi connectivity index (χ0n) is 12.9. The molecule has 0 heterocycles. The van der Waals surface area contributed by atoms with Gasteiger partial charge in [0.2, 0.25) is 0 Å². The number of hydrogen-bond acceptors (Lipinski definition) is 2. The topological polar surface area (TPSA) is 34.1 Å². The van der Waals surface area contributed by atoms with Crippen molar-refractivity contribution in [2.75, 3.05) is 6.26 Å². The van der Waals surface area contributed by atoms with E-state index in [0.717, 1.165) is 23.8 Å². The SMILES string of the molecule is CS(=O)(=O)c1ccc(C2=C(c3c(F)cc(F)cc3F)CCC2)cc1. The molecule has 0 atom stereocenters.